The predicted octanol–water partition coefficient (Wildman–Crippen LogP) is 2.23. The van der Waals surface area contributed by atoms with Gasteiger partial charge in [-0.2, -0.15) is 4.37 Å². The Bertz CT molecular complexity index is 1360. The molecule has 0 saturated carbocycles. The monoisotopic (exact) mass is 555 g/mol. The lowest BCUT2D eigenvalue weighted by Gasteiger charge is -2.32. The molecule has 0 aliphatic carbocycles. The van der Waals surface area contributed by atoms with Crippen molar-refractivity contribution in [1.29, 1.82) is 0 Å². The molecule has 0 unspecified atom stereocenters. The van der Waals surface area contributed by atoms with Crippen LogP contribution in [0, 0.1) is 0 Å². The molecule has 2 aromatic carbocycles. The molecule has 1 saturated heterocycles. The van der Waals surface area contributed by atoms with E-state index in [1.807, 2.05) is 0 Å². The van der Waals surface area contributed by atoms with E-state index in [1.165, 1.54) is 43.4 Å². The van der Waals surface area contributed by atoms with E-state index in [2.05, 4.69) is 9.69 Å². The third-order valence-corrected chi connectivity index (χ3v) is 7.11. The lowest BCUT2D eigenvalue weighted by Crippen LogP contribution is -2.45. The number of methoxy groups -OCH3 is 2. The number of aromatic nitrogens is 1. The minimum atomic E-state index is -1.23. The number of carbonyl (C=O) groups is 3. The van der Waals surface area contributed by atoms with Crippen molar-refractivity contribution < 1.29 is 33.7 Å². The van der Waals surface area contributed by atoms with Gasteiger partial charge in [-0.3, -0.25) is 19.3 Å². The zero-order chi connectivity index (χ0) is 28.1. The molecular formula is C26H29N5O7S. The molecule has 1 aliphatic heterocycles. The van der Waals surface area contributed by atoms with E-state index in [-0.39, 0.29) is 40.3 Å². The Balaban J connectivity index is 1.85. The number of phenolic OH excluding ortho intramolecular Hbond substituents is 1. The second-order valence-electron chi connectivity index (χ2n) is 8.73. The van der Waals surface area contributed by atoms with Gasteiger partial charge in [-0.15, -0.1) is 0 Å². The summed E-state index contributed by atoms with van der Waals surface area (Å²) < 4.78 is 20.4. The van der Waals surface area contributed by atoms with Gasteiger partial charge >= 0.3 is 0 Å². The van der Waals surface area contributed by atoms with E-state index in [0.29, 0.717) is 35.2 Å². The molecule has 206 valence electrons. The first-order chi connectivity index (χ1) is 18.7. The van der Waals surface area contributed by atoms with Crippen molar-refractivity contribution in [2.24, 2.45) is 5.73 Å². The van der Waals surface area contributed by atoms with Gasteiger partial charge in [0.15, 0.2) is 17.2 Å². The number of carbonyl (C=O) groups excluding carboxylic acids is 3. The zero-order valence-electron chi connectivity index (χ0n) is 21.4. The Hall–Kier alpha value is -4.36. The molecule has 39 heavy (non-hydrogen) atoms. The minimum Gasteiger partial charge on any atom is -0.508 e. The number of nitrogens with one attached hydrogen (secondary N) is 1. The van der Waals surface area contributed by atoms with E-state index in [9.17, 15) is 19.5 Å². The maximum atomic E-state index is 14.1. The van der Waals surface area contributed by atoms with Gasteiger partial charge in [0, 0.05) is 24.9 Å². The first-order valence-corrected chi connectivity index (χ1v) is 12.8. The van der Waals surface area contributed by atoms with Gasteiger partial charge in [0.25, 0.3) is 11.8 Å². The summed E-state index contributed by atoms with van der Waals surface area (Å²) in [5, 5.41) is 12.8. The van der Waals surface area contributed by atoms with E-state index in [4.69, 9.17) is 25.7 Å². The van der Waals surface area contributed by atoms with Gasteiger partial charge < -0.3 is 36.1 Å². The van der Waals surface area contributed by atoms with E-state index < -0.39 is 23.8 Å². The number of nitrogen functional groups attached to an aromatic ring is 1. The maximum absolute atomic E-state index is 14.1. The molecule has 1 fully saturated rings. The number of nitrogens with zero attached hydrogens (tertiary/aromatic N) is 2. The van der Waals surface area contributed by atoms with Gasteiger partial charge in [0.2, 0.25) is 5.91 Å². The smallest absolute Gasteiger partial charge is 0.273 e. The summed E-state index contributed by atoms with van der Waals surface area (Å²) >= 11 is 0.699. The molecule has 13 heteroatoms. The Morgan fingerprint density at radius 3 is 2.49 bits per heavy atom. The van der Waals surface area contributed by atoms with Gasteiger partial charge in [-0.1, -0.05) is 12.1 Å². The fraction of sp³-hybridized carbons (Fsp3) is 0.308. The van der Waals surface area contributed by atoms with Crippen LogP contribution in [0.1, 0.15) is 44.6 Å². The van der Waals surface area contributed by atoms with Crippen molar-refractivity contribution >= 4 is 40.6 Å². The third kappa shape index (κ3) is 5.89. The second kappa shape index (κ2) is 12.0. The summed E-state index contributed by atoms with van der Waals surface area (Å²) in [7, 11) is 2.92. The highest BCUT2D eigenvalue weighted by atomic mass is 32.1. The molecule has 3 aromatic rings. The minimum absolute atomic E-state index is 0.0148. The number of hydrogen-bond acceptors (Lipinski definition) is 10. The van der Waals surface area contributed by atoms with Crippen LogP contribution in [0.25, 0.3) is 0 Å². The lowest BCUT2D eigenvalue weighted by molar-refractivity contribution is -0.123. The van der Waals surface area contributed by atoms with E-state index in [0.717, 1.165) is 12.8 Å². The van der Waals surface area contributed by atoms with Crippen LogP contribution in [0.5, 0.6) is 17.2 Å². The van der Waals surface area contributed by atoms with Crippen molar-refractivity contribution in [3.05, 3.63) is 58.6 Å². The molecule has 6 N–H and O–H groups in total. The van der Waals surface area contributed by atoms with Crippen molar-refractivity contribution in [2.45, 2.75) is 25.0 Å². The van der Waals surface area contributed by atoms with Crippen molar-refractivity contribution in [1.82, 2.24) is 9.69 Å². The summed E-state index contributed by atoms with van der Waals surface area (Å²) in [6.45, 7) is 0.862. The quantitative estimate of drug-likeness (QED) is 0.292. The summed E-state index contributed by atoms with van der Waals surface area (Å²) in [5.74, 6) is -1.38. The normalized spacial score (nSPS) is 15.4. The molecule has 2 heterocycles. The fourth-order valence-corrected chi connectivity index (χ4v) is 5.03. The Kier molecular flexibility index (Phi) is 8.52. The Morgan fingerprint density at radius 1 is 1.18 bits per heavy atom. The van der Waals surface area contributed by atoms with Crippen LogP contribution in [0.15, 0.2) is 42.5 Å². The largest absolute Gasteiger partial charge is 0.508 e. The number of amides is 3. The zero-order valence-corrected chi connectivity index (χ0v) is 22.2. The molecule has 1 aromatic heterocycles. The van der Waals surface area contributed by atoms with Crippen LogP contribution in [0.2, 0.25) is 0 Å². The van der Waals surface area contributed by atoms with E-state index >= 15 is 0 Å². The second-order valence-corrected chi connectivity index (χ2v) is 9.50. The molecule has 0 bridgehead atoms. The highest BCUT2D eigenvalue weighted by Crippen LogP contribution is 2.38. The number of phenols is 1. The van der Waals surface area contributed by atoms with Crippen LogP contribution < -0.4 is 31.2 Å². The average molecular weight is 556 g/mol. The highest BCUT2D eigenvalue weighted by molar-refractivity contribution is 7.09. The molecule has 3 amide bonds. The van der Waals surface area contributed by atoms with E-state index in [1.54, 1.807) is 18.2 Å². The predicted molar refractivity (Wildman–Crippen MR) is 144 cm³/mol. The Labute approximate surface area is 228 Å². The molecule has 4 rings (SSSR count). The lowest BCUT2D eigenvalue weighted by atomic mass is 10.0. The Morgan fingerprint density at radius 2 is 1.90 bits per heavy atom. The summed E-state index contributed by atoms with van der Waals surface area (Å²) in [6.07, 6.45) is 1.55. The van der Waals surface area contributed by atoms with Crippen LogP contribution in [0.3, 0.4) is 0 Å². The summed E-state index contributed by atoms with van der Waals surface area (Å²) in [4.78, 5) is 40.9. The topological polar surface area (TPSA) is 179 Å². The van der Waals surface area contributed by atoms with Crippen molar-refractivity contribution in [3.8, 4) is 17.2 Å². The van der Waals surface area contributed by atoms with Gasteiger partial charge in [-0.25, -0.2) is 0 Å². The number of aromatic hydroxyl groups is 1. The van der Waals surface area contributed by atoms with Gasteiger partial charge in [-0.05, 0) is 54.2 Å². The van der Waals surface area contributed by atoms with Crippen LogP contribution in [-0.2, 0) is 9.53 Å². The molecular weight excluding hydrogens is 526 g/mol. The van der Waals surface area contributed by atoms with Crippen LogP contribution >= 0.6 is 11.5 Å². The van der Waals surface area contributed by atoms with Crippen LogP contribution in [-0.4, -0.2) is 60.7 Å². The summed E-state index contributed by atoms with van der Waals surface area (Å²) in [5.41, 5.74) is 11.7. The third-order valence-electron chi connectivity index (χ3n) is 6.26. The molecule has 0 spiro atoms. The number of nitrogens with two attached hydrogens (primary N) is 2. The number of ether oxygens (including phenoxy) is 3. The number of anilines is 2. The molecule has 1 aliphatic rings. The molecule has 12 nitrogen and oxygen atoms in total. The number of primary amides is 1. The molecule has 2 atom stereocenters. The summed E-state index contributed by atoms with van der Waals surface area (Å²) in [6, 6.07) is 9.41. The number of rotatable bonds is 10. The van der Waals surface area contributed by atoms with Crippen molar-refractivity contribution in [3.63, 3.8) is 0 Å². The van der Waals surface area contributed by atoms with Gasteiger partial charge in [0.1, 0.15) is 16.7 Å². The fourth-order valence-electron chi connectivity index (χ4n) is 4.29. The first kappa shape index (κ1) is 27.7. The SMILES string of the molecule is COc1ccc(N(C(=O)c2snc(C(N)=O)c2N)[C@H](C(=O)NC[C@@H]2CCCO2)c2ccc(O)cc2)cc1OC. The highest BCUT2D eigenvalue weighted by Gasteiger charge is 2.37. The number of hydrogen-bond donors (Lipinski definition) is 4. The average Bonchev–Trinajstić information content (AvgIpc) is 3.60. The van der Waals surface area contributed by atoms with Crippen molar-refractivity contribution in [2.75, 3.05) is 38.0 Å². The standard InChI is InChI=1S/C26H29N5O7S/c1-36-18-10-7-15(12-19(18)37-2)31(26(35)23-20(27)21(24(28)33)30-39-23)22(14-5-8-16(32)9-6-14)25(34)29-13-17-4-3-11-38-17/h5-10,12,17,22,32H,3-4,11,13,27H2,1-2H3,(H2,28,33)(H,29,34)/t17-,22-/m0/s1. The first-order valence-electron chi connectivity index (χ1n) is 12.0. The number of benzene rings is 2. The van der Waals surface area contributed by atoms with Gasteiger partial charge in [0.05, 0.1) is 26.0 Å². The maximum Gasteiger partial charge on any atom is 0.273 e. The van der Waals surface area contributed by atoms with Crippen LogP contribution in [0.4, 0.5) is 11.4 Å². The molecule has 0 radical (unpaired) electrons.